The van der Waals surface area contributed by atoms with Crippen molar-refractivity contribution in [3.63, 3.8) is 0 Å². The highest BCUT2D eigenvalue weighted by Gasteiger charge is 2.24. The second-order valence-electron chi connectivity index (χ2n) is 26.1. The maximum Gasteiger partial charge on any atom is 0.203 e. The second kappa shape index (κ2) is 54.5. The van der Waals surface area contributed by atoms with Crippen LogP contribution in [0.2, 0.25) is 0 Å². The van der Waals surface area contributed by atoms with Gasteiger partial charge in [0.2, 0.25) is 23.0 Å². The van der Waals surface area contributed by atoms with Gasteiger partial charge in [0.1, 0.15) is 19.8 Å². The molecule has 0 saturated heterocycles. The minimum atomic E-state index is 0.167. The van der Waals surface area contributed by atoms with Gasteiger partial charge in [0.25, 0.3) is 0 Å². The molecule has 12 nitrogen and oxygen atoms in total. The van der Waals surface area contributed by atoms with E-state index in [1.54, 1.807) is 0 Å². The summed E-state index contributed by atoms with van der Waals surface area (Å²) in [6.07, 6.45) is 40.2. The van der Waals surface area contributed by atoms with E-state index in [0.29, 0.717) is 128 Å². The summed E-state index contributed by atoms with van der Waals surface area (Å²) >= 11 is 0. The molecular weight excluding hydrogens is 1190 g/mol. The number of benzene rings is 4. The Balaban J connectivity index is 1.93. The Labute approximate surface area is 579 Å². The number of aryl methyl sites for hydroxylation is 1. The van der Waals surface area contributed by atoms with Gasteiger partial charge in [-0.1, -0.05) is 243 Å². The highest BCUT2D eigenvalue weighted by atomic mass is 16.6. The van der Waals surface area contributed by atoms with Crippen molar-refractivity contribution in [3.8, 4) is 69.0 Å². The molecule has 0 aliphatic carbocycles. The SMILES string of the molecule is CCCCCCOc1cc(COc2cc(CC)cc(OCc3cc(OCCCCCC)c(OCCCCCC)c(OCCCCCC)c3)c2OCc2cc(OCCCCCC)c(OCCCCCC)c(OCCCCCC)c2)cc(OCCCCCC)c1OCCCCCC. The predicted molar refractivity (Wildman–Crippen MR) is 395 cm³/mol. The van der Waals surface area contributed by atoms with Crippen LogP contribution in [0.1, 0.15) is 323 Å². The maximum atomic E-state index is 7.20. The molecule has 0 heterocycles. The molecule has 0 atom stereocenters. The van der Waals surface area contributed by atoms with E-state index >= 15 is 0 Å². The topological polar surface area (TPSA) is 111 Å². The molecule has 4 aromatic rings. The largest absolute Gasteiger partial charge is 0.490 e. The maximum absolute atomic E-state index is 7.20. The lowest BCUT2D eigenvalue weighted by molar-refractivity contribution is 0.220. The number of rotatable bonds is 64. The van der Waals surface area contributed by atoms with Crippen LogP contribution in [0.5, 0.6) is 69.0 Å². The lowest BCUT2D eigenvalue weighted by Crippen LogP contribution is -2.09. The first-order chi connectivity index (χ1) is 46.8. The smallest absolute Gasteiger partial charge is 0.203 e. The number of hydrogen-bond donors (Lipinski definition) is 0. The summed E-state index contributed by atoms with van der Waals surface area (Å²) in [4.78, 5) is 0. The van der Waals surface area contributed by atoms with Gasteiger partial charge < -0.3 is 56.8 Å². The van der Waals surface area contributed by atoms with Gasteiger partial charge in [-0.2, -0.15) is 0 Å². The molecule has 0 fully saturated rings. The zero-order chi connectivity index (χ0) is 68.0. The first-order valence-corrected chi connectivity index (χ1v) is 39.0. The molecule has 95 heavy (non-hydrogen) atoms. The van der Waals surface area contributed by atoms with Crippen LogP contribution < -0.4 is 56.8 Å². The fourth-order valence-electron chi connectivity index (χ4n) is 11.3. The van der Waals surface area contributed by atoms with Crippen molar-refractivity contribution in [3.05, 3.63) is 70.8 Å². The molecule has 0 saturated carbocycles. The quantitative estimate of drug-likeness (QED) is 0.0393. The van der Waals surface area contributed by atoms with E-state index in [-0.39, 0.29) is 19.8 Å². The second-order valence-corrected chi connectivity index (χ2v) is 26.1. The normalized spacial score (nSPS) is 11.2. The van der Waals surface area contributed by atoms with E-state index in [0.717, 1.165) is 215 Å². The fourth-order valence-corrected chi connectivity index (χ4v) is 11.3. The molecule has 540 valence electrons. The molecule has 4 aromatic carbocycles. The van der Waals surface area contributed by atoms with Gasteiger partial charge in [-0.15, -0.1) is 0 Å². The fraction of sp³-hybridized carbons (Fsp3) is 0.711. The number of ether oxygens (including phenoxy) is 12. The Bertz CT molecular complexity index is 2300. The molecule has 0 radical (unpaired) electrons. The Morgan fingerprint density at radius 3 is 0.537 bits per heavy atom. The van der Waals surface area contributed by atoms with E-state index in [1.165, 1.54) is 44.9 Å². The molecule has 0 aliphatic rings. The molecule has 0 bridgehead atoms. The minimum Gasteiger partial charge on any atom is -0.490 e. The van der Waals surface area contributed by atoms with Gasteiger partial charge in [0.05, 0.1) is 59.5 Å². The lowest BCUT2D eigenvalue weighted by Gasteiger charge is -2.22. The molecule has 0 N–H and O–H groups in total. The molecular formula is C83H136O12. The van der Waals surface area contributed by atoms with Gasteiger partial charge in [-0.3, -0.25) is 0 Å². The number of hydrogen-bond acceptors (Lipinski definition) is 12. The van der Waals surface area contributed by atoms with Crippen molar-refractivity contribution in [1.82, 2.24) is 0 Å². The molecule has 0 amide bonds. The summed E-state index contributed by atoms with van der Waals surface area (Å²) in [5, 5.41) is 0. The monoisotopic (exact) mass is 1330 g/mol. The zero-order valence-electron chi connectivity index (χ0n) is 62.2. The van der Waals surface area contributed by atoms with E-state index in [4.69, 9.17) is 56.8 Å². The summed E-state index contributed by atoms with van der Waals surface area (Å²) < 4.78 is 81.7. The van der Waals surface area contributed by atoms with Crippen LogP contribution in [0.4, 0.5) is 0 Å². The third kappa shape index (κ3) is 34.5. The molecule has 0 aromatic heterocycles. The van der Waals surface area contributed by atoms with Crippen molar-refractivity contribution in [1.29, 1.82) is 0 Å². The summed E-state index contributed by atoms with van der Waals surface area (Å²) in [6, 6.07) is 16.7. The van der Waals surface area contributed by atoms with Crippen LogP contribution in [-0.4, -0.2) is 59.5 Å². The van der Waals surface area contributed by atoms with Crippen molar-refractivity contribution < 1.29 is 56.8 Å². The van der Waals surface area contributed by atoms with Crippen LogP contribution in [0.3, 0.4) is 0 Å². The van der Waals surface area contributed by atoms with Gasteiger partial charge >= 0.3 is 0 Å². The average Bonchev–Trinajstić information content (AvgIpc) is 0.885. The van der Waals surface area contributed by atoms with E-state index in [9.17, 15) is 0 Å². The first-order valence-electron chi connectivity index (χ1n) is 39.0. The number of unbranched alkanes of at least 4 members (excludes halogenated alkanes) is 27. The molecule has 12 heteroatoms. The third-order valence-electron chi connectivity index (χ3n) is 17.2. The molecule has 4 rings (SSSR count). The van der Waals surface area contributed by atoms with Crippen LogP contribution in [-0.2, 0) is 26.2 Å². The van der Waals surface area contributed by atoms with Crippen molar-refractivity contribution >= 4 is 0 Å². The highest BCUT2D eigenvalue weighted by molar-refractivity contribution is 5.58. The Morgan fingerprint density at radius 2 is 0.337 bits per heavy atom. The van der Waals surface area contributed by atoms with Gasteiger partial charge in [-0.05, 0) is 135 Å². The molecule has 0 unspecified atom stereocenters. The highest BCUT2D eigenvalue weighted by Crippen LogP contribution is 2.46. The molecule has 0 aliphatic heterocycles. The van der Waals surface area contributed by atoms with Crippen molar-refractivity contribution in [2.75, 3.05) is 59.5 Å². The Kier molecular flexibility index (Phi) is 47.0. The van der Waals surface area contributed by atoms with E-state index < -0.39 is 0 Å². The average molecular weight is 1330 g/mol. The standard InChI is InChI=1S/C83H136O12/c1-11-21-30-39-48-84-72-59-69(60-73(85-49-40-31-22-12-2)80(72)90-54-45-36-27-17-7)65-93-78-57-68(20-10)58-79(94-66-70-61-74(86-50-41-32-23-13-3)81(91-55-46-37-28-18-8)75(62-70)87-51-42-33-24-14-4)83(78)95-67-71-63-76(88-52-43-34-25-15-5)82(92-56-47-38-29-19-9)77(64-71)89-53-44-35-26-16-6/h57-64H,11-56,65-67H2,1-10H3. The van der Waals surface area contributed by atoms with Gasteiger partial charge in [-0.25, -0.2) is 0 Å². The molecule has 0 spiro atoms. The Hall–Kier alpha value is -5.52. The van der Waals surface area contributed by atoms with Crippen LogP contribution in [0.15, 0.2) is 48.5 Å². The van der Waals surface area contributed by atoms with Crippen LogP contribution in [0.25, 0.3) is 0 Å². The zero-order valence-corrected chi connectivity index (χ0v) is 62.2. The van der Waals surface area contributed by atoms with Crippen LogP contribution >= 0.6 is 0 Å². The van der Waals surface area contributed by atoms with Crippen LogP contribution in [0, 0.1) is 0 Å². The third-order valence-corrected chi connectivity index (χ3v) is 17.2. The summed E-state index contributed by atoms with van der Waals surface area (Å²) in [6.45, 7) is 28.1. The van der Waals surface area contributed by atoms with E-state index in [2.05, 4.69) is 118 Å². The van der Waals surface area contributed by atoms with Gasteiger partial charge in [0.15, 0.2) is 46.0 Å². The predicted octanol–water partition coefficient (Wildman–Crippen LogP) is 24.6. The summed E-state index contributed by atoms with van der Waals surface area (Å²) in [7, 11) is 0. The lowest BCUT2D eigenvalue weighted by atomic mass is 10.1. The first kappa shape index (κ1) is 81.9. The summed E-state index contributed by atoms with van der Waals surface area (Å²) in [5.74, 6) is 7.72. The van der Waals surface area contributed by atoms with Crippen molar-refractivity contribution in [2.24, 2.45) is 0 Å². The van der Waals surface area contributed by atoms with E-state index in [1.807, 2.05) is 0 Å². The minimum absolute atomic E-state index is 0.167. The van der Waals surface area contributed by atoms with Crippen molar-refractivity contribution in [2.45, 2.75) is 327 Å². The Morgan fingerprint density at radius 1 is 0.168 bits per heavy atom. The summed E-state index contributed by atoms with van der Waals surface area (Å²) in [5.41, 5.74) is 3.72. The van der Waals surface area contributed by atoms with Gasteiger partial charge in [0, 0.05) is 0 Å².